The van der Waals surface area contributed by atoms with E-state index in [2.05, 4.69) is 440 Å². The lowest BCUT2D eigenvalue weighted by Gasteiger charge is -2.46. The molecule has 23 rings (SSSR count). The summed E-state index contributed by atoms with van der Waals surface area (Å²) >= 11 is 0. The molecule has 2 aliphatic heterocycles. The van der Waals surface area contributed by atoms with E-state index in [4.69, 9.17) is 0 Å². The van der Waals surface area contributed by atoms with Crippen LogP contribution < -0.4 is 26.2 Å². The molecule has 115 heavy (non-hydrogen) atoms. The lowest BCUT2D eigenvalue weighted by Crippen LogP contribution is -2.61. The molecule has 2 aromatic heterocycles. The van der Waals surface area contributed by atoms with Crippen molar-refractivity contribution in [1.29, 1.82) is 0 Å². The maximum Gasteiger partial charge on any atom is 0.252 e. The number of para-hydroxylation sites is 2. The predicted octanol–water partition coefficient (Wildman–Crippen LogP) is 27.9. The highest BCUT2D eigenvalue weighted by Crippen LogP contribution is 2.55. The molecule has 5 heteroatoms. The third kappa shape index (κ3) is 10.4. The van der Waals surface area contributed by atoms with E-state index >= 15 is 0 Å². The van der Waals surface area contributed by atoms with Crippen LogP contribution in [0, 0.1) is 0 Å². The zero-order valence-electron chi connectivity index (χ0n) is 64.0. The van der Waals surface area contributed by atoms with Crippen molar-refractivity contribution >= 4 is 144 Å². The number of anilines is 6. The largest absolute Gasteiger partial charge is 0.310 e. The van der Waals surface area contributed by atoms with Crippen LogP contribution >= 0.6 is 0 Å². The van der Waals surface area contributed by atoms with Crippen molar-refractivity contribution in [3.8, 4) is 78.1 Å². The minimum absolute atomic E-state index is 0.275. The van der Waals surface area contributed by atoms with Crippen molar-refractivity contribution < 1.29 is 0 Å². The van der Waals surface area contributed by atoms with Crippen LogP contribution in [-0.4, -0.2) is 15.8 Å². The Bertz CT molecular complexity index is 7010. The van der Waals surface area contributed by atoms with Gasteiger partial charge in [-0.15, -0.1) is 0 Å². The van der Waals surface area contributed by atoms with Crippen LogP contribution in [-0.2, 0) is 5.41 Å². The summed E-state index contributed by atoms with van der Waals surface area (Å²) in [6.07, 6.45) is 0. The summed E-state index contributed by atoms with van der Waals surface area (Å²) in [6.45, 7) is 6.91. The minimum atomic E-state index is -0.349. The Balaban J connectivity index is 0.851. The zero-order valence-corrected chi connectivity index (χ0v) is 64.0. The third-order valence-corrected chi connectivity index (χ3v) is 24.8. The van der Waals surface area contributed by atoms with Gasteiger partial charge in [0.2, 0.25) is 0 Å². The van der Waals surface area contributed by atoms with Gasteiger partial charge in [-0.25, -0.2) is 0 Å². The van der Waals surface area contributed by atoms with Crippen LogP contribution in [0.1, 0.15) is 26.3 Å². The fourth-order valence-electron chi connectivity index (χ4n) is 19.6. The molecule has 0 bridgehead atoms. The monoisotopic (exact) mass is 1460 g/mol. The molecule has 0 saturated heterocycles. The van der Waals surface area contributed by atoms with Crippen molar-refractivity contribution in [2.45, 2.75) is 26.2 Å². The first kappa shape index (κ1) is 66.3. The Hall–Kier alpha value is -14.5. The molecule has 19 aromatic carbocycles. The first-order valence-corrected chi connectivity index (χ1v) is 40.2. The Morgan fingerprint density at radius 3 is 0.930 bits per heavy atom. The van der Waals surface area contributed by atoms with E-state index in [1.165, 1.54) is 109 Å². The molecule has 0 unspecified atom stereocenters. The highest BCUT2D eigenvalue weighted by molar-refractivity contribution is 7.00. The second-order valence-corrected chi connectivity index (χ2v) is 32.2. The lowest BCUT2D eigenvalue weighted by atomic mass is 9.33. The van der Waals surface area contributed by atoms with Gasteiger partial charge in [-0.05, 0) is 188 Å². The standard InChI is InChI=1S/C110H75BN4/c1-110(2,3)80-66-103-107-104(67-80)115(109-91(74-32-12-6-13-33-74)50-27-51-92(109)75-34-14-7-15-35-75)102-69-82(113-98-61-55-79(86-47-25-41-71-37-17-21-43-84(71)86)65-94(98)106-88-45-23-19-39-77(88)53-63-100(106)113)57-59-96(102)111(107)95-58-56-81(68-101(95)114(103)108-89(72-28-8-4-9-29-72)48-26-49-90(108)73-30-10-5-11-31-73)112-97-60-54-78(85-46-24-40-70-36-16-20-42-83(70)85)64-93(97)105-87-44-22-18-38-76(87)52-62-99(105)112/h4-69H,1-3H3. The smallest absolute Gasteiger partial charge is 0.252 e. The molecule has 0 N–H and O–H groups in total. The second kappa shape index (κ2) is 26.0. The summed E-state index contributed by atoms with van der Waals surface area (Å²) in [5.41, 5.74) is 31.9. The van der Waals surface area contributed by atoms with E-state index < -0.39 is 0 Å². The second-order valence-electron chi connectivity index (χ2n) is 32.2. The van der Waals surface area contributed by atoms with Crippen LogP contribution in [0.2, 0.25) is 0 Å². The number of aromatic nitrogens is 2. The fourth-order valence-corrected chi connectivity index (χ4v) is 19.6. The van der Waals surface area contributed by atoms with E-state index in [0.29, 0.717) is 0 Å². The molecular weight excluding hydrogens is 1390 g/mol. The van der Waals surface area contributed by atoms with Crippen molar-refractivity contribution in [3.63, 3.8) is 0 Å². The number of nitrogens with zero attached hydrogens (tertiary/aromatic N) is 4. The number of hydrogen-bond donors (Lipinski definition) is 0. The van der Waals surface area contributed by atoms with Crippen LogP contribution in [0.15, 0.2) is 400 Å². The molecule has 4 nitrogen and oxygen atoms in total. The van der Waals surface area contributed by atoms with Crippen molar-refractivity contribution in [2.24, 2.45) is 0 Å². The number of benzene rings is 19. The van der Waals surface area contributed by atoms with E-state index in [-0.39, 0.29) is 12.1 Å². The molecule has 0 amide bonds. The van der Waals surface area contributed by atoms with Crippen molar-refractivity contribution in [1.82, 2.24) is 9.13 Å². The molecule has 2 aliphatic rings. The van der Waals surface area contributed by atoms with Gasteiger partial charge < -0.3 is 18.9 Å². The Morgan fingerprint density at radius 1 is 0.226 bits per heavy atom. The predicted molar refractivity (Wildman–Crippen MR) is 490 cm³/mol. The maximum absolute atomic E-state index is 2.71. The maximum atomic E-state index is 2.71. The molecule has 4 heterocycles. The van der Waals surface area contributed by atoms with Gasteiger partial charge in [0.05, 0.1) is 33.4 Å². The lowest BCUT2D eigenvalue weighted by molar-refractivity contribution is 0.590. The van der Waals surface area contributed by atoms with Crippen LogP contribution in [0.25, 0.3) is 165 Å². The van der Waals surface area contributed by atoms with Crippen molar-refractivity contribution in [3.05, 3.63) is 406 Å². The van der Waals surface area contributed by atoms with Gasteiger partial charge in [-0.2, -0.15) is 0 Å². The Morgan fingerprint density at radius 2 is 0.548 bits per heavy atom. The first-order valence-electron chi connectivity index (χ1n) is 40.2. The van der Waals surface area contributed by atoms with Gasteiger partial charge in [0, 0.05) is 77.9 Å². The van der Waals surface area contributed by atoms with Crippen LogP contribution in [0.3, 0.4) is 0 Å². The third-order valence-electron chi connectivity index (χ3n) is 24.8. The average molecular weight is 1460 g/mol. The molecule has 0 aliphatic carbocycles. The summed E-state index contributed by atoms with van der Waals surface area (Å²) in [5.74, 6) is 0. The Kier molecular flexibility index (Phi) is 15.0. The summed E-state index contributed by atoms with van der Waals surface area (Å²) in [5, 5.41) is 14.7. The molecular formula is C110H75BN4. The number of fused-ring (bicyclic) bond motifs is 16. The zero-order chi connectivity index (χ0) is 76.1. The van der Waals surface area contributed by atoms with Gasteiger partial charge in [0.1, 0.15) is 0 Å². The van der Waals surface area contributed by atoms with E-state index in [1.807, 2.05) is 0 Å². The van der Waals surface area contributed by atoms with E-state index in [9.17, 15) is 0 Å². The number of rotatable bonds is 10. The highest BCUT2D eigenvalue weighted by Gasteiger charge is 2.46. The summed E-state index contributed by atoms with van der Waals surface area (Å²) in [4.78, 5) is 5.42. The topological polar surface area (TPSA) is 16.3 Å². The summed E-state index contributed by atoms with van der Waals surface area (Å²) in [6, 6.07) is 151. The van der Waals surface area contributed by atoms with Crippen LogP contribution in [0.4, 0.5) is 34.1 Å². The van der Waals surface area contributed by atoms with Gasteiger partial charge in [-0.1, -0.05) is 348 Å². The molecule has 0 fully saturated rings. The van der Waals surface area contributed by atoms with Gasteiger partial charge >= 0.3 is 0 Å². The average Bonchev–Trinajstić information content (AvgIpc) is 0.720. The quantitative estimate of drug-likeness (QED) is 0.127. The van der Waals surface area contributed by atoms with Gasteiger partial charge in [0.25, 0.3) is 6.71 Å². The molecule has 0 spiro atoms. The molecule has 538 valence electrons. The molecule has 0 saturated carbocycles. The molecule has 21 aromatic rings. The summed E-state index contributed by atoms with van der Waals surface area (Å²) < 4.78 is 5.12. The van der Waals surface area contributed by atoms with E-state index in [0.717, 1.165) is 112 Å². The van der Waals surface area contributed by atoms with Gasteiger partial charge in [0.15, 0.2) is 0 Å². The Labute approximate surface area is 668 Å². The number of hydrogen-bond acceptors (Lipinski definition) is 2. The molecule has 0 atom stereocenters. The van der Waals surface area contributed by atoms with E-state index in [1.54, 1.807) is 0 Å². The van der Waals surface area contributed by atoms with Crippen molar-refractivity contribution in [2.75, 3.05) is 9.80 Å². The SMILES string of the molecule is CC(C)(C)c1cc2c3c(c1)N(c1c(-c4ccccc4)cccc1-c1ccccc1)c1cc(-n4c5ccc(-c6cccc7ccccc67)cc5c5c6ccccc6ccc54)ccc1B3c1ccc(-n3c4ccc(-c5cccc6ccccc56)cc4c4c5ccccc5ccc43)cc1N2c1c(-c2ccccc2)cccc1-c1ccccc1. The minimum Gasteiger partial charge on any atom is -0.310 e. The van der Waals surface area contributed by atoms with Gasteiger partial charge in [-0.3, -0.25) is 0 Å². The first-order chi connectivity index (χ1) is 56.7. The fraction of sp³-hybridized carbons (Fsp3) is 0.0364. The van der Waals surface area contributed by atoms with Crippen LogP contribution in [0.5, 0.6) is 0 Å². The molecule has 0 radical (unpaired) electrons. The highest BCUT2D eigenvalue weighted by atomic mass is 15.2. The normalized spacial score (nSPS) is 12.6. The summed E-state index contributed by atoms with van der Waals surface area (Å²) in [7, 11) is 0.